The molecule has 0 spiro atoms. The summed E-state index contributed by atoms with van der Waals surface area (Å²) < 4.78 is 6.71. The summed E-state index contributed by atoms with van der Waals surface area (Å²) in [5.41, 5.74) is 1.27. The lowest BCUT2D eigenvalue weighted by Gasteiger charge is -2.09. The monoisotopic (exact) mass is 381 g/mol. The molecular formula is C18H15N5O3S. The second-order valence-electron chi connectivity index (χ2n) is 5.59. The maximum absolute atomic E-state index is 12.6. The number of benzene rings is 1. The molecule has 0 aliphatic heterocycles. The Kier molecular flexibility index (Phi) is 5.28. The molecule has 1 N–H and O–H groups in total. The van der Waals surface area contributed by atoms with E-state index in [9.17, 15) is 14.9 Å². The van der Waals surface area contributed by atoms with Crippen LogP contribution in [0.15, 0.2) is 42.0 Å². The van der Waals surface area contributed by atoms with Crippen LogP contribution in [0.1, 0.15) is 10.5 Å². The number of ketones is 1. The highest BCUT2D eigenvalue weighted by Gasteiger charge is 2.29. The number of carbonyl (C=O) groups excluding carboxylic acids is 2. The van der Waals surface area contributed by atoms with Crippen molar-refractivity contribution in [2.75, 3.05) is 12.4 Å². The zero-order chi connectivity index (χ0) is 19.4. The fraction of sp³-hybridized carbons (Fsp3) is 0.167. The van der Waals surface area contributed by atoms with Crippen molar-refractivity contribution >= 4 is 28.7 Å². The van der Waals surface area contributed by atoms with Gasteiger partial charge in [0.15, 0.2) is 5.92 Å². The number of rotatable bonds is 6. The van der Waals surface area contributed by atoms with Gasteiger partial charge in [-0.1, -0.05) is 6.07 Å². The maximum atomic E-state index is 12.6. The number of ether oxygens (including phenoxy) is 1. The average molecular weight is 381 g/mol. The van der Waals surface area contributed by atoms with Crippen molar-refractivity contribution in [1.29, 1.82) is 5.26 Å². The molecule has 9 heteroatoms. The molecule has 0 radical (unpaired) electrons. The number of Topliss-reactive ketones (excluding diaryl/α,β-unsaturated/α-hetero) is 1. The Bertz CT molecular complexity index is 1030. The Morgan fingerprint density at radius 2 is 2.22 bits per heavy atom. The molecule has 2 aromatic heterocycles. The predicted molar refractivity (Wildman–Crippen MR) is 99.4 cm³/mol. The molecule has 0 aliphatic rings. The van der Waals surface area contributed by atoms with Crippen LogP contribution in [-0.4, -0.2) is 33.6 Å². The minimum atomic E-state index is -1.50. The van der Waals surface area contributed by atoms with Gasteiger partial charge in [-0.2, -0.15) is 10.4 Å². The number of nitrogens with zero attached hydrogens (tertiary/aromatic N) is 4. The number of nitriles is 1. The van der Waals surface area contributed by atoms with Gasteiger partial charge in [-0.15, -0.1) is 11.3 Å². The lowest BCUT2D eigenvalue weighted by molar-refractivity contribution is -0.117. The SMILES string of the molecule is COc1cccc(NC(=O)C(C#N)C(=O)c2csc(-c3cnn(C)c3)n2)c1. The van der Waals surface area contributed by atoms with Gasteiger partial charge in [0.05, 0.1) is 19.4 Å². The third-order valence-electron chi connectivity index (χ3n) is 3.70. The van der Waals surface area contributed by atoms with Gasteiger partial charge < -0.3 is 10.1 Å². The molecule has 1 unspecified atom stereocenters. The van der Waals surface area contributed by atoms with Gasteiger partial charge in [-0.3, -0.25) is 14.3 Å². The van der Waals surface area contributed by atoms with Gasteiger partial charge in [0, 0.05) is 35.9 Å². The summed E-state index contributed by atoms with van der Waals surface area (Å²) in [6.45, 7) is 0. The standard InChI is InChI=1S/C18H15N5O3S/c1-23-9-11(8-20-23)18-22-15(10-27-18)16(24)14(7-19)17(25)21-12-4-3-5-13(6-12)26-2/h3-6,8-10,14H,1-2H3,(H,21,25). The molecule has 3 rings (SSSR count). The Labute approximate surface area is 159 Å². The topological polar surface area (TPSA) is 110 Å². The quantitative estimate of drug-likeness (QED) is 0.519. The minimum Gasteiger partial charge on any atom is -0.497 e. The van der Waals surface area contributed by atoms with E-state index >= 15 is 0 Å². The second kappa shape index (κ2) is 7.80. The van der Waals surface area contributed by atoms with E-state index in [2.05, 4.69) is 15.4 Å². The molecule has 1 aromatic carbocycles. The van der Waals surface area contributed by atoms with E-state index < -0.39 is 17.6 Å². The minimum absolute atomic E-state index is 0.0752. The fourth-order valence-corrected chi connectivity index (χ4v) is 3.14. The van der Waals surface area contributed by atoms with Gasteiger partial charge in [-0.25, -0.2) is 4.98 Å². The van der Waals surface area contributed by atoms with Crippen LogP contribution in [0.5, 0.6) is 5.75 Å². The third kappa shape index (κ3) is 4.02. The van der Waals surface area contributed by atoms with Gasteiger partial charge in [0.25, 0.3) is 0 Å². The Morgan fingerprint density at radius 3 is 2.89 bits per heavy atom. The zero-order valence-electron chi connectivity index (χ0n) is 14.5. The van der Waals surface area contributed by atoms with Crippen molar-refractivity contribution in [3.8, 4) is 22.4 Å². The lowest BCUT2D eigenvalue weighted by atomic mass is 10.0. The van der Waals surface area contributed by atoms with Gasteiger partial charge in [0.1, 0.15) is 16.5 Å². The van der Waals surface area contributed by atoms with E-state index in [-0.39, 0.29) is 5.69 Å². The van der Waals surface area contributed by atoms with Crippen LogP contribution in [0.4, 0.5) is 5.69 Å². The van der Waals surface area contributed by atoms with E-state index in [1.54, 1.807) is 54.5 Å². The highest BCUT2D eigenvalue weighted by molar-refractivity contribution is 7.13. The molecule has 8 nitrogen and oxygen atoms in total. The molecule has 136 valence electrons. The summed E-state index contributed by atoms with van der Waals surface area (Å²) in [6.07, 6.45) is 3.40. The molecule has 1 amide bonds. The highest BCUT2D eigenvalue weighted by Crippen LogP contribution is 2.24. The van der Waals surface area contributed by atoms with Crippen molar-refractivity contribution in [1.82, 2.24) is 14.8 Å². The first-order valence-electron chi connectivity index (χ1n) is 7.85. The Balaban J connectivity index is 1.76. The Morgan fingerprint density at radius 1 is 1.41 bits per heavy atom. The van der Waals surface area contributed by atoms with Crippen LogP contribution in [-0.2, 0) is 11.8 Å². The molecule has 2 heterocycles. The predicted octanol–water partition coefficient (Wildman–Crippen LogP) is 2.51. The second-order valence-corrected chi connectivity index (χ2v) is 6.45. The van der Waals surface area contributed by atoms with Crippen molar-refractivity contribution in [2.45, 2.75) is 0 Å². The van der Waals surface area contributed by atoms with Gasteiger partial charge in [0.2, 0.25) is 11.7 Å². The summed E-state index contributed by atoms with van der Waals surface area (Å²) in [7, 11) is 3.28. The Hall–Kier alpha value is -3.51. The van der Waals surface area contributed by atoms with Gasteiger partial charge >= 0.3 is 0 Å². The first-order valence-corrected chi connectivity index (χ1v) is 8.73. The van der Waals surface area contributed by atoms with Crippen LogP contribution in [0.3, 0.4) is 0 Å². The van der Waals surface area contributed by atoms with Crippen LogP contribution >= 0.6 is 11.3 Å². The summed E-state index contributed by atoms with van der Waals surface area (Å²) in [5, 5.41) is 18.1. The molecule has 1 atom stereocenters. The van der Waals surface area contributed by atoms with Crippen LogP contribution in [0.2, 0.25) is 0 Å². The first-order chi connectivity index (χ1) is 13.0. The number of thiazole rings is 1. The number of methoxy groups -OCH3 is 1. The normalized spacial score (nSPS) is 11.4. The zero-order valence-corrected chi connectivity index (χ0v) is 15.4. The average Bonchev–Trinajstić information content (AvgIpc) is 3.31. The highest BCUT2D eigenvalue weighted by atomic mass is 32.1. The number of anilines is 1. The number of hydrogen-bond acceptors (Lipinski definition) is 7. The smallest absolute Gasteiger partial charge is 0.249 e. The number of carbonyl (C=O) groups is 2. The summed E-state index contributed by atoms with van der Waals surface area (Å²) in [5.74, 6) is -2.32. The molecule has 0 aliphatic carbocycles. The fourth-order valence-electron chi connectivity index (χ4n) is 2.35. The molecule has 0 fully saturated rings. The van der Waals surface area contributed by atoms with Crippen LogP contribution in [0, 0.1) is 17.2 Å². The van der Waals surface area contributed by atoms with Crippen molar-refractivity contribution in [2.24, 2.45) is 13.0 Å². The first kappa shape index (κ1) is 18.3. The number of amides is 1. The summed E-state index contributed by atoms with van der Waals surface area (Å²) >= 11 is 1.25. The molecule has 0 saturated carbocycles. The molecular weight excluding hydrogens is 366 g/mol. The molecule has 0 bridgehead atoms. The largest absolute Gasteiger partial charge is 0.497 e. The number of hydrogen-bond donors (Lipinski definition) is 1. The van der Waals surface area contributed by atoms with Crippen molar-refractivity contribution in [3.63, 3.8) is 0 Å². The molecule has 3 aromatic rings. The van der Waals surface area contributed by atoms with Crippen LogP contribution in [0.25, 0.3) is 10.6 Å². The third-order valence-corrected chi connectivity index (χ3v) is 4.59. The molecule has 0 saturated heterocycles. The summed E-state index contributed by atoms with van der Waals surface area (Å²) in [4.78, 5) is 29.2. The van der Waals surface area contributed by atoms with E-state index in [1.807, 2.05) is 0 Å². The van der Waals surface area contributed by atoms with E-state index in [0.29, 0.717) is 16.4 Å². The van der Waals surface area contributed by atoms with E-state index in [1.165, 1.54) is 23.8 Å². The van der Waals surface area contributed by atoms with Crippen molar-refractivity contribution in [3.05, 3.63) is 47.7 Å². The molecule has 27 heavy (non-hydrogen) atoms. The maximum Gasteiger partial charge on any atom is 0.249 e. The van der Waals surface area contributed by atoms with E-state index in [0.717, 1.165) is 5.56 Å². The van der Waals surface area contributed by atoms with Crippen molar-refractivity contribution < 1.29 is 14.3 Å². The number of aromatic nitrogens is 3. The van der Waals surface area contributed by atoms with Crippen LogP contribution < -0.4 is 10.1 Å². The number of nitrogens with one attached hydrogen (secondary N) is 1. The summed E-state index contributed by atoms with van der Waals surface area (Å²) in [6, 6.07) is 8.41. The number of aryl methyl sites for hydroxylation is 1. The lowest BCUT2D eigenvalue weighted by Crippen LogP contribution is -2.28. The van der Waals surface area contributed by atoms with Gasteiger partial charge in [-0.05, 0) is 12.1 Å². The van der Waals surface area contributed by atoms with E-state index in [4.69, 9.17) is 4.74 Å².